The maximum Gasteiger partial charge on any atom is 0.131 e. The molecule has 0 aliphatic carbocycles. The average Bonchev–Trinajstić information content (AvgIpc) is 2.87. The number of anilines is 2. The molecule has 0 bridgehead atoms. The van der Waals surface area contributed by atoms with E-state index in [1.165, 1.54) is 38.8 Å². The lowest BCUT2D eigenvalue weighted by atomic mass is 9.97. The van der Waals surface area contributed by atoms with Gasteiger partial charge in [0.05, 0.1) is 0 Å². The molecule has 3 rings (SSSR count). The molecule has 5 heteroatoms. The number of aromatic nitrogens is 2. The molecule has 5 nitrogen and oxygen atoms in total. The Balaban J connectivity index is 1.60. The number of nitrogens with one attached hydrogen (secondary N) is 2. The van der Waals surface area contributed by atoms with E-state index in [0.29, 0.717) is 6.04 Å². The Kier molecular flexibility index (Phi) is 3.82. The molecular weight excluding hydrogens is 238 g/mol. The molecule has 2 unspecified atom stereocenters. The molecule has 104 valence electrons. The highest BCUT2D eigenvalue weighted by Gasteiger charge is 2.31. The molecule has 2 aliphatic heterocycles. The first-order valence-corrected chi connectivity index (χ1v) is 7.41. The van der Waals surface area contributed by atoms with Gasteiger partial charge in [0.25, 0.3) is 0 Å². The van der Waals surface area contributed by atoms with E-state index in [2.05, 4.69) is 32.4 Å². The van der Waals surface area contributed by atoms with Crippen molar-refractivity contribution in [2.75, 3.05) is 30.3 Å². The number of fused-ring (bicyclic) bond motifs is 1. The Labute approximate surface area is 114 Å². The van der Waals surface area contributed by atoms with E-state index in [-0.39, 0.29) is 0 Å². The van der Waals surface area contributed by atoms with Crippen molar-refractivity contribution in [1.29, 1.82) is 0 Å². The number of hydrogen-bond donors (Lipinski definition) is 2. The van der Waals surface area contributed by atoms with Crippen LogP contribution in [0.2, 0.25) is 0 Å². The molecule has 0 spiro atoms. The zero-order valence-corrected chi connectivity index (χ0v) is 11.6. The van der Waals surface area contributed by atoms with Crippen LogP contribution in [0, 0.1) is 0 Å². The summed E-state index contributed by atoms with van der Waals surface area (Å²) in [6.07, 6.45) is 6.84. The van der Waals surface area contributed by atoms with Crippen molar-refractivity contribution in [1.82, 2.24) is 14.9 Å². The Morgan fingerprint density at radius 2 is 2.16 bits per heavy atom. The molecule has 1 aromatic rings. The normalized spacial score (nSPS) is 27.0. The monoisotopic (exact) mass is 261 g/mol. The van der Waals surface area contributed by atoms with Crippen LogP contribution in [0.5, 0.6) is 0 Å². The van der Waals surface area contributed by atoms with Gasteiger partial charge < -0.3 is 15.5 Å². The van der Waals surface area contributed by atoms with Gasteiger partial charge in [-0.3, -0.25) is 0 Å². The highest BCUT2D eigenvalue weighted by atomic mass is 15.2. The maximum absolute atomic E-state index is 4.33. The summed E-state index contributed by atoms with van der Waals surface area (Å²) in [4.78, 5) is 11.2. The van der Waals surface area contributed by atoms with Gasteiger partial charge in [0.2, 0.25) is 0 Å². The molecule has 2 aliphatic rings. The van der Waals surface area contributed by atoms with Gasteiger partial charge in [-0.2, -0.15) is 0 Å². The average molecular weight is 261 g/mol. The van der Waals surface area contributed by atoms with E-state index >= 15 is 0 Å². The van der Waals surface area contributed by atoms with E-state index in [0.717, 1.165) is 24.2 Å². The van der Waals surface area contributed by atoms with Crippen LogP contribution in [0.1, 0.15) is 32.6 Å². The fraction of sp³-hybridized carbons (Fsp3) is 0.714. The van der Waals surface area contributed by atoms with Crippen LogP contribution in [0.15, 0.2) is 12.4 Å². The van der Waals surface area contributed by atoms with Crippen molar-refractivity contribution < 1.29 is 0 Å². The summed E-state index contributed by atoms with van der Waals surface area (Å²) in [6.45, 7) is 5.49. The summed E-state index contributed by atoms with van der Waals surface area (Å²) in [7, 11) is 0. The van der Waals surface area contributed by atoms with Gasteiger partial charge in [-0.25, -0.2) is 9.97 Å². The summed E-state index contributed by atoms with van der Waals surface area (Å²) in [5.41, 5.74) is 0. The van der Waals surface area contributed by atoms with Gasteiger partial charge >= 0.3 is 0 Å². The van der Waals surface area contributed by atoms with Gasteiger partial charge in [-0.15, -0.1) is 0 Å². The molecule has 0 aromatic carbocycles. The van der Waals surface area contributed by atoms with Gasteiger partial charge in [-0.1, -0.05) is 0 Å². The van der Waals surface area contributed by atoms with Crippen molar-refractivity contribution in [3.05, 3.63) is 12.4 Å². The van der Waals surface area contributed by atoms with E-state index in [9.17, 15) is 0 Å². The molecule has 2 saturated heterocycles. The van der Waals surface area contributed by atoms with E-state index < -0.39 is 0 Å². The lowest BCUT2D eigenvalue weighted by Gasteiger charge is -2.35. The number of hydrogen-bond acceptors (Lipinski definition) is 5. The second-order valence-corrected chi connectivity index (χ2v) is 5.52. The highest BCUT2D eigenvalue weighted by molar-refractivity contribution is 5.46. The van der Waals surface area contributed by atoms with Gasteiger partial charge in [-0.05, 0) is 39.2 Å². The molecule has 0 radical (unpaired) electrons. The third-order valence-corrected chi connectivity index (χ3v) is 4.20. The largest absolute Gasteiger partial charge is 0.370 e. The predicted molar refractivity (Wildman–Crippen MR) is 77.4 cm³/mol. The predicted octanol–water partition coefficient (Wildman–Crippen LogP) is 1.95. The second-order valence-electron chi connectivity index (χ2n) is 5.52. The quantitative estimate of drug-likeness (QED) is 0.867. The third kappa shape index (κ3) is 2.97. The molecule has 1 aromatic heterocycles. The second kappa shape index (κ2) is 5.74. The van der Waals surface area contributed by atoms with Crippen LogP contribution in [-0.4, -0.2) is 46.6 Å². The third-order valence-electron chi connectivity index (χ3n) is 4.20. The van der Waals surface area contributed by atoms with Gasteiger partial charge in [0.15, 0.2) is 0 Å². The van der Waals surface area contributed by atoms with Crippen molar-refractivity contribution in [2.45, 2.75) is 44.7 Å². The van der Waals surface area contributed by atoms with E-state index in [4.69, 9.17) is 0 Å². The van der Waals surface area contributed by atoms with Crippen molar-refractivity contribution in [3.8, 4) is 0 Å². The van der Waals surface area contributed by atoms with Crippen LogP contribution in [0.25, 0.3) is 0 Å². The van der Waals surface area contributed by atoms with Crippen LogP contribution in [0.4, 0.5) is 11.6 Å². The minimum atomic E-state index is 0.559. The number of nitrogens with zero attached hydrogens (tertiary/aromatic N) is 3. The highest BCUT2D eigenvalue weighted by Crippen LogP contribution is 2.28. The molecule has 0 saturated carbocycles. The maximum atomic E-state index is 4.33. The number of rotatable bonds is 4. The smallest absolute Gasteiger partial charge is 0.131 e. The van der Waals surface area contributed by atoms with Crippen molar-refractivity contribution in [2.24, 2.45) is 0 Å². The van der Waals surface area contributed by atoms with E-state index in [1.807, 2.05) is 6.07 Å². The molecule has 0 amide bonds. The Morgan fingerprint density at radius 3 is 3.05 bits per heavy atom. The van der Waals surface area contributed by atoms with Crippen molar-refractivity contribution in [3.63, 3.8) is 0 Å². The molecular formula is C14H23N5. The van der Waals surface area contributed by atoms with Crippen LogP contribution in [-0.2, 0) is 0 Å². The summed E-state index contributed by atoms with van der Waals surface area (Å²) in [5, 5.41) is 6.80. The lowest BCUT2D eigenvalue weighted by Crippen LogP contribution is -2.42. The molecule has 2 N–H and O–H groups in total. The Bertz CT molecular complexity index is 422. The lowest BCUT2D eigenvalue weighted by molar-refractivity contribution is 0.188. The summed E-state index contributed by atoms with van der Waals surface area (Å²) in [6, 6.07) is 3.36. The minimum absolute atomic E-state index is 0.559. The fourth-order valence-corrected chi connectivity index (χ4v) is 3.28. The van der Waals surface area contributed by atoms with Crippen LogP contribution >= 0.6 is 0 Å². The molecule has 2 atom stereocenters. The first kappa shape index (κ1) is 12.7. The minimum Gasteiger partial charge on any atom is -0.370 e. The van der Waals surface area contributed by atoms with Gasteiger partial charge in [0.1, 0.15) is 18.0 Å². The zero-order valence-electron chi connectivity index (χ0n) is 11.6. The summed E-state index contributed by atoms with van der Waals surface area (Å²) in [5.74, 6) is 1.85. The topological polar surface area (TPSA) is 53.1 Å². The standard InChI is InChI=1S/C14H23N5/c1-2-15-13-9-14(17-10-16-13)18-11-5-7-19-6-3-4-12(19)8-11/h9-12H,2-8H2,1H3,(H2,15,16,17,18). The van der Waals surface area contributed by atoms with Crippen molar-refractivity contribution >= 4 is 11.6 Å². The fourth-order valence-electron chi connectivity index (χ4n) is 3.28. The van der Waals surface area contributed by atoms with Gasteiger partial charge in [0, 0.05) is 31.2 Å². The molecule has 3 heterocycles. The first-order valence-electron chi connectivity index (χ1n) is 7.41. The Morgan fingerprint density at radius 1 is 1.26 bits per heavy atom. The SMILES string of the molecule is CCNc1cc(NC2CCN3CCCC3C2)ncn1. The summed E-state index contributed by atoms with van der Waals surface area (Å²) >= 11 is 0. The summed E-state index contributed by atoms with van der Waals surface area (Å²) < 4.78 is 0. The van der Waals surface area contributed by atoms with Crippen LogP contribution < -0.4 is 10.6 Å². The number of piperidine rings is 1. The Hall–Kier alpha value is -1.36. The van der Waals surface area contributed by atoms with E-state index in [1.54, 1.807) is 6.33 Å². The molecule has 2 fully saturated rings. The first-order chi connectivity index (χ1) is 9.35. The molecule has 19 heavy (non-hydrogen) atoms. The van der Waals surface area contributed by atoms with Crippen LogP contribution in [0.3, 0.4) is 0 Å². The zero-order chi connectivity index (χ0) is 13.1.